The van der Waals surface area contributed by atoms with E-state index in [-0.39, 0.29) is 5.82 Å². The van der Waals surface area contributed by atoms with E-state index in [9.17, 15) is 9.18 Å². The third kappa shape index (κ3) is 2.40. The van der Waals surface area contributed by atoms with Crippen LogP contribution >= 0.6 is 0 Å². The van der Waals surface area contributed by atoms with E-state index in [2.05, 4.69) is 0 Å². The highest BCUT2D eigenvalue weighted by Crippen LogP contribution is 2.50. The van der Waals surface area contributed by atoms with E-state index in [4.69, 9.17) is 9.15 Å². The lowest BCUT2D eigenvalue weighted by Crippen LogP contribution is -2.21. The van der Waals surface area contributed by atoms with Gasteiger partial charge >= 0.3 is 5.63 Å². The van der Waals surface area contributed by atoms with Crippen LogP contribution in [-0.2, 0) is 0 Å². The van der Waals surface area contributed by atoms with Gasteiger partial charge in [-0.15, -0.1) is 0 Å². The highest BCUT2D eigenvalue weighted by atomic mass is 19.1. The molecule has 3 nitrogen and oxygen atoms in total. The van der Waals surface area contributed by atoms with Crippen molar-refractivity contribution < 1.29 is 13.5 Å². The van der Waals surface area contributed by atoms with Gasteiger partial charge in [0.2, 0.25) is 0 Å². The minimum Gasteiger partial charge on any atom is -0.456 e. The number of fused-ring (bicyclic) bond motifs is 6. The highest BCUT2D eigenvalue weighted by molar-refractivity contribution is 5.92. The molecule has 1 aromatic heterocycles. The molecule has 0 fully saturated rings. The van der Waals surface area contributed by atoms with Crippen molar-refractivity contribution in [1.29, 1.82) is 0 Å². The Morgan fingerprint density at radius 2 is 1.47 bits per heavy atom. The minimum absolute atomic E-state index is 0.324. The summed E-state index contributed by atoms with van der Waals surface area (Å²) in [6.45, 7) is 0. The first-order valence-corrected chi connectivity index (χ1v) is 9.71. The second kappa shape index (κ2) is 6.29. The first-order valence-electron chi connectivity index (χ1n) is 9.71. The second-order valence-electron chi connectivity index (χ2n) is 7.41. The Kier molecular flexibility index (Phi) is 3.56. The van der Waals surface area contributed by atoms with Crippen LogP contribution in [0.15, 0.2) is 94.1 Å². The van der Waals surface area contributed by atoms with E-state index >= 15 is 0 Å². The number of para-hydroxylation sites is 1. The summed E-state index contributed by atoms with van der Waals surface area (Å²) in [6, 6.07) is 25.5. The van der Waals surface area contributed by atoms with Gasteiger partial charge in [-0.25, -0.2) is 9.18 Å². The van der Waals surface area contributed by atoms with Gasteiger partial charge in [-0.2, -0.15) is 0 Å². The van der Waals surface area contributed by atoms with Crippen LogP contribution in [0.1, 0.15) is 22.6 Å². The van der Waals surface area contributed by atoms with E-state index in [0.717, 1.165) is 27.3 Å². The standard InChI is InChI=1S/C26H15FO3/c27-17-12-9-16(10-13-17)22-23-18-6-2-1-5-15(18)11-14-21(23)29-25-19-7-3-4-8-20(19)30-26(28)24(22)25/h1-14,22H. The molecule has 5 aromatic rings. The molecule has 1 atom stereocenters. The van der Waals surface area contributed by atoms with Crippen molar-refractivity contribution in [2.45, 2.75) is 5.92 Å². The molecule has 2 heterocycles. The summed E-state index contributed by atoms with van der Waals surface area (Å²) in [5.41, 5.74) is 2.15. The van der Waals surface area contributed by atoms with Gasteiger partial charge in [-0.1, -0.05) is 54.6 Å². The largest absolute Gasteiger partial charge is 0.456 e. The molecule has 144 valence electrons. The van der Waals surface area contributed by atoms with Crippen molar-refractivity contribution in [1.82, 2.24) is 0 Å². The van der Waals surface area contributed by atoms with E-state index in [1.807, 2.05) is 54.6 Å². The molecule has 1 aliphatic heterocycles. The van der Waals surface area contributed by atoms with Gasteiger partial charge < -0.3 is 9.15 Å². The second-order valence-corrected chi connectivity index (χ2v) is 7.41. The number of hydrogen-bond acceptors (Lipinski definition) is 3. The molecule has 0 N–H and O–H groups in total. The van der Waals surface area contributed by atoms with Crippen LogP contribution in [0.5, 0.6) is 11.5 Å². The summed E-state index contributed by atoms with van der Waals surface area (Å²) in [4.78, 5) is 13.2. The maximum atomic E-state index is 13.7. The lowest BCUT2D eigenvalue weighted by atomic mass is 9.80. The monoisotopic (exact) mass is 394 g/mol. The number of hydrogen-bond donors (Lipinski definition) is 0. The SMILES string of the molecule is O=c1oc2ccccc2c2c1C(c1ccc(F)cc1)c1c(ccc3ccccc13)O2. The van der Waals surface area contributed by atoms with E-state index < -0.39 is 11.5 Å². The van der Waals surface area contributed by atoms with Crippen molar-refractivity contribution in [3.05, 3.63) is 118 Å². The first kappa shape index (κ1) is 17.0. The molecule has 0 saturated carbocycles. The maximum Gasteiger partial charge on any atom is 0.344 e. The van der Waals surface area contributed by atoms with Gasteiger partial charge in [-0.3, -0.25) is 0 Å². The summed E-state index contributed by atoms with van der Waals surface area (Å²) in [6.07, 6.45) is 0. The number of rotatable bonds is 1. The molecule has 0 bridgehead atoms. The topological polar surface area (TPSA) is 39.4 Å². The fraction of sp³-hybridized carbons (Fsp3) is 0.0385. The first-order chi connectivity index (χ1) is 14.7. The summed E-state index contributed by atoms with van der Waals surface area (Å²) < 4.78 is 25.7. The number of benzene rings is 4. The fourth-order valence-corrected chi connectivity index (χ4v) is 4.40. The third-order valence-electron chi connectivity index (χ3n) is 5.72. The fourth-order valence-electron chi connectivity index (χ4n) is 4.40. The van der Waals surface area contributed by atoms with Gasteiger partial charge in [-0.05, 0) is 46.7 Å². The van der Waals surface area contributed by atoms with Crippen LogP contribution in [0, 0.1) is 5.82 Å². The molecule has 0 amide bonds. The van der Waals surface area contributed by atoms with Crippen molar-refractivity contribution >= 4 is 21.7 Å². The molecule has 4 aromatic carbocycles. The lowest BCUT2D eigenvalue weighted by Gasteiger charge is -2.29. The molecule has 30 heavy (non-hydrogen) atoms. The number of halogens is 1. The van der Waals surface area contributed by atoms with Gasteiger partial charge in [0.1, 0.15) is 22.9 Å². The van der Waals surface area contributed by atoms with Crippen molar-refractivity contribution in [2.75, 3.05) is 0 Å². The molecule has 0 saturated heterocycles. The molecular formula is C26H15FO3. The smallest absolute Gasteiger partial charge is 0.344 e. The third-order valence-corrected chi connectivity index (χ3v) is 5.72. The van der Waals surface area contributed by atoms with Crippen molar-refractivity contribution in [3.63, 3.8) is 0 Å². The van der Waals surface area contributed by atoms with E-state index in [0.29, 0.717) is 22.6 Å². The van der Waals surface area contributed by atoms with Gasteiger partial charge in [0.25, 0.3) is 0 Å². The van der Waals surface area contributed by atoms with Crippen LogP contribution in [0.2, 0.25) is 0 Å². The Balaban J connectivity index is 1.76. The molecular weight excluding hydrogens is 379 g/mol. The van der Waals surface area contributed by atoms with Crippen LogP contribution < -0.4 is 10.4 Å². The summed E-state index contributed by atoms with van der Waals surface area (Å²) >= 11 is 0. The van der Waals surface area contributed by atoms with Crippen molar-refractivity contribution in [2.24, 2.45) is 0 Å². The molecule has 0 spiro atoms. The zero-order valence-electron chi connectivity index (χ0n) is 15.8. The molecule has 0 radical (unpaired) electrons. The van der Waals surface area contributed by atoms with Crippen LogP contribution in [0.3, 0.4) is 0 Å². The Morgan fingerprint density at radius 1 is 0.733 bits per heavy atom. The van der Waals surface area contributed by atoms with E-state index in [1.165, 1.54) is 12.1 Å². The normalized spacial score (nSPS) is 14.9. The van der Waals surface area contributed by atoms with Crippen LogP contribution in [0.4, 0.5) is 4.39 Å². The average Bonchev–Trinajstić information content (AvgIpc) is 2.78. The zero-order chi connectivity index (χ0) is 20.2. The minimum atomic E-state index is -0.448. The van der Waals surface area contributed by atoms with Gasteiger partial charge in [0.15, 0.2) is 0 Å². The summed E-state index contributed by atoms with van der Waals surface area (Å²) in [7, 11) is 0. The lowest BCUT2D eigenvalue weighted by molar-refractivity contribution is 0.441. The highest BCUT2D eigenvalue weighted by Gasteiger charge is 2.35. The van der Waals surface area contributed by atoms with Crippen molar-refractivity contribution in [3.8, 4) is 11.5 Å². The van der Waals surface area contributed by atoms with Gasteiger partial charge in [0, 0.05) is 11.5 Å². The molecule has 4 heteroatoms. The maximum absolute atomic E-state index is 13.7. The predicted molar refractivity (Wildman–Crippen MR) is 114 cm³/mol. The van der Waals surface area contributed by atoms with Crippen LogP contribution in [-0.4, -0.2) is 0 Å². The predicted octanol–water partition coefficient (Wildman–Crippen LogP) is 6.37. The Morgan fingerprint density at radius 3 is 2.30 bits per heavy atom. The molecule has 0 aliphatic carbocycles. The average molecular weight is 394 g/mol. The molecule has 1 unspecified atom stereocenters. The Labute approximate surface area is 171 Å². The molecule has 1 aliphatic rings. The Bertz CT molecular complexity index is 1500. The van der Waals surface area contributed by atoms with E-state index in [1.54, 1.807) is 18.2 Å². The molecule has 6 rings (SSSR count). The summed E-state index contributed by atoms with van der Waals surface area (Å²) in [5, 5.41) is 2.76. The number of ether oxygens (including phenoxy) is 1. The Hall–Kier alpha value is -3.92. The van der Waals surface area contributed by atoms with Gasteiger partial charge in [0.05, 0.1) is 10.9 Å². The zero-order valence-corrected chi connectivity index (χ0v) is 15.8. The quantitative estimate of drug-likeness (QED) is 0.304. The summed E-state index contributed by atoms with van der Waals surface area (Å²) in [5.74, 6) is 0.427. The van der Waals surface area contributed by atoms with Crippen LogP contribution in [0.25, 0.3) is 21.7 Å².